The van der Waals surface area contributed by atoms with Crippen molar-refractivity contribution in [3.05, 3.63) is 71.3 Å². The smallest absolute Gasteiger partial charge is 0.416 e. The highest BCUT2D eigenvalue weighted by molar-refractivity contribution is 5.67. The number of rotatable bonds is 5. The molecule has 1 amide bonds. The molecule has 0 aliphatic carbocycles. The van der Waals surface area contributed by atoms with E-state index in [0.29, 0.717) is 18.4 Å². The van der Waals surface area contributed by atoms with E-state index in [1.54, 1.807) is 26.8 Å². The van der Waals surface area contributed by atoms with Crippen molar-refractivity contribution in [1.29, 1.82) is 0 Å². The lowest BCUT2D eigenvalue weighted by atomic mass is 9.72. The van der Waals surface area contributed by atoms with Crippen molar-refractivity contribution in [2.45, 2.75) is 57.3 Å². The molecular weight excluding hydrogens is 417 g/mol. The Labute approximate surface area is 187 Å². The normalized spacial score (nSPS) is 17.1. The Hall–Kier alpha value is -2.54. The Bertz CT molecular complexity index is 899. The van der Waals surface area contributed by atoms with E-state index in [2.05, 4.69) is 22.3 Å². The third kappa shape index (κ3) is 6.48. The van der Waals surface area contributed by atoms with E-state index in [4.69, 9.17) is 4.74 Å². The van der Waals surface area contributed by atoms with Gasteiger partial charge in [-0.15, -0.1) is 0 Å². The quantitative estimate of drug-likeness (QED) is 0.632. The standard InChI is InChI=1S/C25H31F3N2O2/c1-23(2,3)32-22(31)29-18-24(20-10-7-11-21(16-20)25(26,27)28)12-14-30(15-13-24)17-19-8-5-4-6-9-19/h4-11,16H,12-15,17-18H2,1-3H3,(H,29,31). The van der Waals surface area contributed by atoms with Crippen LogP contribution in [0.5, 0.6) is 0 Å². The van der Waals surface area contributed by atoms with E-state index in [-0.39, 0.29) is 6.54 Å². The van der Waals surface area contributed by atoms with Crippen molar-refractivity contribution in [2.75, 3.05) is 19.6 Å². The third-order valence-electron chi connectivity index (χ3n) is 5.83. The minimum Gasteiger partial charge on any atom is -0.444 e. The first-order chi connectivity index (χ1) is 15.0. The van der Waals surface area contributed by atoms with Gasteiger partial charge in [0.25, 0.3) is 0 Å². The van der Waals surface area contributed by atoms with Crippen LogP contribution >= 0.6 is 0 Å². The first-order valence-corrected chi connectivity index (χ1v) is 10.9. The predicted octanol–water partition coefficient (Wildman–Crippen LogP) is 5.76. The maximum Gasteiger partial charge on any atom is 0.416 e. The zero-order chi connectivity index (χ0) is 23.4. The van der Waals surface area contributed by atoms with Gasteiger partial charge in [-0.05, 0) is 63.9 Å². The second-order valence-corrected chi connectivity index (χ2v) is 9.48. The minimum atomic E-state index is -4.41. The Balaban J connectivity index is 1.79. The summed E-state index contributed by atoms with van der Waals surface area (Å²) in [5.74, 6) is 0. The van der Waals surface area contributed by atoms with Crippen molar-refractivity contribution in [3.63, 3.8) is 0 Å². The SMILES string of the molecule is CC(C)(C)OC(=O)NCC1(c2cccc(C(F)(F)F)c2)CCN(Cc2ccccc2)CC1. The number of amides is 1. The summed E-state index contributed by atoms with van der Waals surface area (Å²) >= 11 is 0. The van der Waals surface area contributed by atoms with Crippen molar-refractivity contribution >= 4 is 6.09 Å². The van der Waals surface area contributed by atoms with E-state index in [1.807, 2.05) is 18.2 Å². The van der Waals surface area contributed by atoms with Crippen molar-refractivity contribution in [2.24, 2.45) is 0 Å². The van der Waals surface area contributed by atoms with E-state index in [0.717, 1.165) is 25.7 Å². The number of carbonyl (C=O) groups is 1. The number of alkyl halides is 3. The zero-order valence-corrected chi connectivity index (χ0v) is 18.8. The number of carbonyl (C=O) groups excluding carboxylic acids is 1. The Morgan fingerprint density at radius 2 is 1.69 bits per heavy atom. The molecule has 1 saturated heterocycles. The van der Waals surface area contributed by atoms with Crippen LogP contribution in [-0.2, 0) is 22.9 Å². The first kappa shape index (κ1) is 24.1. The number of nitrogens with zero attached hydrogens (tertiary/aromatic N) is 1. The lowest BCUT2D eigenvalue weighted by molar-refractivity contribution is -0.137. The third-order valence-corrected chi connectivity index (χ3v) is 5.83. The molecule has 0 aromatic heterocycles. The zero-order valence-electron chi connectivity index (χ0n) is 18.8. The molecule has 0 bridgehead atoms. The highest BCUT2D eigenvalue weighted by Gasteiger charge is 2.39. The maximum absolute atomic E-state index is 13.4. The second-order valence-electron chi connectivity index (χ2n) is 9.48. The van der Waals surface area contributed by atoms with Crippen LogP contribution in [0, 0.1) is 0 Å². The monoisotopic (exact) mass is 448 g/mol. The average molecular weight is 449 g/mol. The van der Waals surface area contributed by atoms with Gasteiger partial charge in [0.15, 0.2) is 0 Å². The van der Waals surface area contributed by atoms with Gasteiger partial charge >= 0.3 is 12.3 Å². The molecule has 0 saturated carbocycles. The van der Waals surface area contributed by atoms with Crippen LogP contribution in [0.3, 0.4) is 0 Å². The number of alkyl carbamates (subject to hydrolysis) is 1. The van der Waals surface area contributed by atoms with Gasteiger partial charge in [-0.1, -0.05) is 48.5 Å². The van der Waals surface area contributed by atoms with Crippen LogP contribution in [0.4, 0.5) is 18.0 Å². The molecule has 32 heavy (non-hydrogen) atoms. The van der Waals surface area contributed by atoms with Crippen LogP contribution in [0.1, 0.15) is 50.3 Å². The number of nitrogens with one attached hydrogen (secondary N) is 1. The molecule has 2 aromatic rings. The van der Waals surface area contributed by atoms with Gasteiger partial charge in [0.05, 0.1) is 5.56 Å². The van der Waals surface area contributed by atoms with Crippen LogP contribution in [0.15, 0.2) is 54.6 Å². The Kier molecular flexibility index (Phi) is 7.18. The van der Waals surface area contributed by atoms with E-state index >= 15 is 0 Å². The summed E-state index contributed by atoms with van der Waals surface area (Å²) in [6.07, 6.45) is -3.70. The maximum atomic E-state index is 13.4. The fourth-order valence-electron chi connectivity index (χ4n) is 4.13. The highest BCUT2D eigenvalue weighted by atomic mass is 19.4. The summed E-state index contributed by atoms with van der Waals surface area (Å²) in [6.45, 7) is 7.79. The second kappa shape index (κ2) is 9.53. The topological polar surface area (TPSA) is 41.6 Å². The van der Waals surface area contributed by atoms with Crippen LogP contribution in [0.2, 0.25) is 0 Å². The lowest BCUT2D eigenvalue weighted by Crippen LogP contribution is -2.49. The van der Waals surface area contributed by atoms with E-state index in [9.17, 15) is 18.0 Å². The molecule has 0 unspecified atom stereocenters. The summed E-state index contributed by atoms with van der Waals surface area (Å²) in [6, 6.07) is 15.6. The van der Waals surface area contributed by atoms with Gasteiger partial charge in [0.2, 0.25) is 0 Å². The summed E-state index contributed by atoms with van der Waals surface area (Å²) in [5, 5.41) is 2.81. The molecule has 0 spiro atoms. The number of piperidine rings is 1. The molecule has 7 heteroatoms. The molecule has 4 nitrogen and oxygen atoms in total. The van der Waals surface area contributed by atoms with Crippen molar-refractivity contribution < 1.29 is 22.7 Å². The molecule has 0 radical (unpaired) electrons. The number of hydrogen-bond acceptors (Lipinski definition) is 3. The van der Waals surface area contributed by atoms with E-state index in [1.165, 1.54) is 17.7 Å². The Morgan fingerprint density at radius 3 is 2.28 bits per heavy atom. The average Bonchev–Trinajstić information content (AvgIpc) is 2.72. The van der Waals surface area contributed by atoms with Gasteiger partial charge in [-0.25, -0.2) is 4.79 Å². The molecule has 1 aliphatic rings. The van der Waals surface area contributed by atoms with Crippen LogP contribution in [-0.4, -0.2) is 36.2 Å². The summed E-state index contributed by atoms with van der Waals surface area (Å²) in [7, 11) is 0. The molecule has 1 heterocycles. The molecule has 0 atom stereocenters. The molecule has 2 aromatic carbocycles. The number of halogens is 3. The number of likely N-dealkylation sites (tertiary alicyclic amines) is 1. The Morgan fingerprint density at radius 1 is 1.03 bits per heavy atom. The highest BCUT2D eigenvalue weighted by Crippen LogP contribution is 2.38. The number of hydrogen-bond donors (Lipinski definition) is 1. The molecule has 1 aliphatic heterocycles. The predicted molar refractivity (Wildman–Crippen MR) is 118 cm³/mol. The van der Waals surface area contributed by atoms with Crippen molar-refractivity contribution in [3.8, 4) is 0 Å². The molecule has 1 fully saturated rings. The van der Waals surface area contributed by atoms with Crippen molar-refractivity contribution in [1.82, 2.24) is 10.2 Å². The van der Waals surface area contributed by atoms with Gasteiger partial charge in [-0.3, -0.25) is 4.90 Å². The van der Waals surface area contributed by atoms with Crippen LogP contribution in [0.25, 0.3) is 0 Å². The number of benzene rings is 2. The largest absolute Gasteiger partial charge is 0.444 e. The molecule has 3 rings (SSSR count). The lowest BCUT2D eigenvalue weighted by Gasteiger charge is -2.42. The summed E-state index contributed by atoms with van der Waals surface area (Å²) < 4.78 is 45.4. The van der Waals surface area contributed by atoms with E-state index < -0.39 is 28.8 Å². The van der Waals surface area contributed by atoms with Gasteiger partial charge < -0.3 is 10.1 Å². The summed E-state index contributed by atoms with van der Waals surface area (Å²) in [4.78, 5) is 14.6. The van der Waals surface area contributed by atoms with Gasteiger partial charge in [0, 0.05) is 18.5 Å². The van der Waals surface area contributed by atoms with Gasteiger partial charge in [0.1, 0.15) is 5.60 Å². The minimum absolute atomic E-state index is 0.225. The molecule has 1 N–H and O–H groups in total. The number of ether oxygens (including phenoxy) is 1. The molecule has 174 valence electrons. The van der Waals surface area contributed by atoms with Crippen LogP contribution < -0.4 is 5.32 Å². The summed E-state index contributed by atoms with van der Waals surface area (Å²) in [5.41, 5.74) is -0.107. The van der Waals surface area contributed by atoms with Gasteiger partial charge in [-0.2, -0.15) is 13.2 Å². The fourth-order valence-corrected chi connectivity index (χ4v) is 4.13. The first-order valence-electron chi connectivity index (χ1n) is 10.9. The fraction of sp³-hybridized carbons (Fsp3) is 0.480. The molecular formula is C25H31F3N2O2.